The number of sulfone groups is 1. The van der Waals surface area contributed by atoms with Gasteiger partial charge < -0.3 is 10.6 Å². The molecule has 2 N–H and O–H groups in total. The Labute approximate surface area is 165 Å². The molecule has 4 aliphatic rings. The van der Waals surface area contributed by atoms with Crippen molar-refractivity contribution >= 4 is 27.7 Å². The molecule has 4 rings (SSSR count). The van der Waals surface area contributed by atoms with E-state index in [1.54, 1.807) is 6.92 Å². The van der Waals surface area contributed by atoms with Crippen LogP contribution in [0, 0.1) is 5.92 Å². The molecule has 0 aromatic rings. The van der Waals surface area contributed by atoms with E-state index in [0.29, 0.717) is 0 Å². The van der Waals surface area contributed by atoms with Gasteiger partial charge in [-0.3, -0.25) is 19.4 Å². The smallest absolute Gasteiger partial charge is 0.325 e. The Morgan fingerprint density at radius 2 is 1.86 bits per heavy atom. The highest BCUT2D eigenvalue weighted by Gasteiger charge is 2.56. The fraction of sp³-hybridized carbons (Fsp3) is 0.833. The van der Waals surface area contributed by atoms with E-state index < -0.39 is 33.4 Å². The molecule has 3 heterocycles. The molecule has 156 valence electrons. The highest BCUT2D eigenvalue weighted by atomic mass is 32.2. The van der Waals surface area contributed by atoms with E-state index in [9.17, 15) is 22.8 Å². The number of rotatable bonds is 5. The average Bonchev–Trinajstić information content (AvgIpc) is 3.41. The van der Waals surface area contributed by atoms with E-state index in [1.165, 1.54) is 0 Å². The van der Waals surface area contributed by atoms with E-state index in [1.807, 2.05) is 0 Å². The minimum atomic E-state index is -3.23. The zero-order chi connectivity index (χ0) is 20.1. The number of carbonyl (C=O) groups excluding carboxylic acids is 3. The molecule has 0 spiro atoms. The molecule has 4 fully saturated rings. The third-order valence-electron chi connectivity index (χ3n) is 6.53. The summed E-state index contributed by atoms with van der Waals surface area (Å²) in [4.78, 5) is 40.6. The number of likely N-dealkylation sites (tertiary alicyclic amines) is 1. The zero-order valence-electron chi connectivity index (χ0n) is 16.1. The summed E-state index contributed by atoms with van der Waals surface area (Å²) in [5.74, 6) is -0.796. The number of imide groups is 1. The molecule has 3 unspecified atom stereocenters. The van der Waals surface area contributed by atoms with E-state index in [0.717, 1.165) is 50.1 Å². The fourth-order valence-electron chi connectivity index (χ4n) is 4.77. The van der Waals surface area contributed by atoms with Crippen LogP contribution < -0.4 is 10.6 Å². The van der Waals surface area contributed by atoms with Gasteiger partial charge in [0.25, 0.3) is 5.91 Å². The van der Waals surface area contributed by atoms with Crippen LogP contribution in [0.3, 0.4) is 0 Å². The Hall–Kier alpha value is -1.68. The zero-order valence-corrected chi connectivity index (χ0v) is 17.0. The van der Waals surface area contributed by atoms with Crippen molar-refractivity contribution in [2.45, 2.75) is 56.7 Å². The molecule has 1 saturated carbocycles. The summed E-state index contributed by atoms with van der Waals surface area (Å²) in [5.41, 5.74) is -0.926. The highest BCUT2D eigenvalue weighted by Crippen LogP contribution is 2.42. The van der Waals surface area contributed by atoms with Crippen LogP contribution in [0.2, 0.25) is 0 Å². The van der Waals surface area contributed by atoms with Gasteiger partial charge in [0.05, 0.1) is 17.5 Å². The SMILES string of the molecule is CC1(C2CC2)NC(=O)N(CC(=O)NC2CS(=O)(=O)CC2N2CCCCC2)C1=O. The number of amides is 4. The first-order chi connectivity index (χ1) is 13.2. The first-order valence-electron chi connectivity index (χ1n) is 10.1. The molecule has 1 aliphatic carbocycles. The predicted molar refractivity (Wildman–Crippen MR) is 101 cm³/mol. The van der Waals surface area contributed by atoms with Gasteiger partial charge in [0.1, 0.15) is 12.1 Å². The molecule has 3 saturated heterocycles. The minimum Gasteiger partial charge on any atom is -0.349 e. The number of piperidine rings is 1. The molecule has 10 heteroatoms. The van der Waals surface area contributed by atoms with Crippen LogP contribution >= 0.6 is 0 Å². The Morgan fingerprint density at radius 3 is 2.50 bits per heavy atom. The predicted octanol–water partition coefficient (Wildman–Crippen LogP) is -0.525. The lowest BCUT2D eigenvalue weighted by Gasteiger charge is -2.35. The van der Waals surface area contributed by atoms with Crippen molar-refractivity contribution < 1.29 is 22.8 Å². The lowest BCUT2D eigenvalue weighted by Crippen LogP contribution is -2.54. The molecule has 0 aromatic heterocycles. The number of nitrogens with zero attached hydrogens (tertiary/aromatic N) is 2. The quantitative estimate of drug-likeness (QED) is 0.587. The van der Waals surface area contributed by atoms with Gasteiger partial charge in [0.15, 0.2) is 9.84 Å². The number of carbonyl (C=O) groups is 3. The van der Waals surface area contributed by atoms with Crippen molar-refractivity contribution in [1.82, 2.24) is 20.4 Å². The lowest BCUT2D eigenvalue weighted by atomic mass is 9.96. The lowest BCUT2D eigenvalue weighted by molar-refractivity contribution is -0.135. The third-order valence-corrected chi connectivity index (χ3v) is 8.24. The van der Waals surface area contributed by atoms with E-state index in [4.69, 9.17) is 0 Å². The van der Waals surface area contributed by atoms with Crippen molar-refractivity contribution in [3.8, 4) is 0 Å². The first kappa shape index (κ1) is 19.6. The number of urea groups is 1. The Bertz CT molecular complexity index is 790. The van der Waals surface area contributed by atoms with E-state index in [-0.39, 0.29) is 35.9 Å². The number of hydrogen-bond donors (Lipinski definition) is 2. The van der Waals surface area contributed by atoms with Crippen molar-refractivity contribution in [3.05, 3.63) is 0 Å². The van der Waals surface area contributed by atoms with Crippen LogP contribution in [0.1, 0.15) is 39.0 Å². The van der Waals surface area contributed by atoms with Crippen LogP contribution in [0.15, 0.2) is 0 Å². The summed E-state index contributed by atoms with van der Waals surface area (Å²) < 4.78 is 24.4. The molecule has 3 aliphatic heterocycles. The van der Waals surface area contributed by atoms with Gasteiger partial charge in [-0.1, -0.05) is 6.42 Å². The molecule has 28 heavy (non-hydrogen) atoms. The number of hydrogen-bond acceptors (Lipinski definition) is 6. The van der Waals surface area contributed by atoms with Crippen LogP contribution in [0.5, 0.6) is 0 Å². The summed E-state index contributed by atoms with van der Waals surface area (Å²) in [7, 11) is -3.23. The molecular weight excluding hydrogens is 384 g/mol. The summed E-state index contributed by atoms with van der Waals surface area (Å²) in [6.07, 6.45) is 4.97. The van der Waals surface area contributed by atoms with Crippen LogP contribution in [-0.4, -0.2) is 84.8 Å². The maximum absolute atomic E-state index is 12.7. The second kappa shape index (κ2) is 6.98. The Balaban J connectivity index is 1.41. The van der Waals surface area contributed by atoms with Crippen molar-refractivity contribution in [2.75, 3.05) is 31.1 Å². The second-order valence-electron chi connectivity index (χ2n) is 8.71. The molecule has 9 nitrogen and oxygen atoms in total. The van der Waals surface area contributed by atoms with Crippen molar-refractivity contribution in [3.63, 3.8) is 0 Å². The van der Waals surface area contributed by atoms with Gasteiger partial charge in [0.2, 0.25) is 5.91 Å². The summed E-state index contributed by atoms with van der Waals surface area (Å²) >= 11 is 0. The standard InChI is InChI=1S/C18H28N4O5S/c1-18(12-5-6-12)16(24)22(17(25)20-18)9-15(23)19-13-10-28(26,27)11-14(13)21-7-3-2-4-8-21/h12-14H,2-11H2,1H3,(H,19,23)(H,20,25). The molecule has 0 radical (unpaired) electrons. The average molecular weight is 413 g/mol. The van der Waals surface area contributed by atoms with Crippen molar-refractivity contribution in [2.24, 2.45) is 5.92 Å². The normalized spacial score (nSPS) is 35.8. The maximum atomic E-state index is 12.7. The van der Waals surface area contributed by atoms with Gasteiger partial charge in [-0.05, 0) is 51.6 Å². The van der Waals surface area contributed by atoms with Crippen LogP contribution in [0.25, 0.3) is 0 Å². The van der Waals surface area contributed by atoms with E-state index in [2.05, 4.69) is 15.5 Å². The fourth-order valence-corrected chi connectivity index (χ4v) is 6.72. The minimum absolute atomic E-state index is 0.0425. The molecule has 4 amide bonds. The number of nitrogens with one attached hydrogen (secondary N) is 2. The van der Waals surface area contributed by atoms with E-state index >= 15 is 0 Å². The topological polar surface area (TPSA) is 116 Å². The van der Waals surface area contributed by atoms with Crippen molar-refractivity contribution in [1.29, 1.82) is 0 Å². The van der Waals surface area contributed by atoms with Gasteiger partial charge in [-0.15, -0.1) is 0 Å². The summed E-state index contributed by atoms with van der Waals surface area (Å²) in [5, 5.41) is 5.51. The Morgan fingerprint density at radius 1 is 1.18 bits per heavy atom. The molecular formula is C18H28N4O5S. The van der Waals surface area contributed by atoms with Gasteiger partial charge in [-0.2, -0.15) is 0 Å². The van der Waals surface area contributed by atoms with Crippen LogP contribution in [-0.2, 0) is 19.4 Å². The summed E-state index contributed by atoms with van der Waals surface area (Å²) in [6, 6.07) is -1.30. The largest absolute Gasteiger partial charge is 0.349 e. The molecule has 0 aromatic carbocycles. The first-order valence-corrected chi connectivity index (χ1v) is 11.9. The van der Waals surface area contributed by atoms with Gasteiger partial charge in [0, 0.05) is 6.04 Å². The highest BCUT2D eigenvalue weighted by molar-refractivity contribution is 7.91. The monoisotopic (exact) mass is 412 g/mol. The van der Waals surface area contributed by atoms with Gasteiger partial charge in [-0.25, -0.2) is 13.2 Å². The second-order valence-corrected chi connectivity index (χ2v) is 10.9. The molecule has 0 bridgehead atoms. The molecule has 3 atom stereocenters. The van der Waals surface area contributed by atoms with Gasteiger partial charge >= 0.3 is 6.03 Å². The summed E-state index contributed by atoms with van der Waals surface area (Å²) in [6.45, 7) is 2.99. The Kier molecular flexibility index (Phi) is 4.89. The maximum Gasteiger partial charge on any atom is 0.325 e. The third kappa shape index (κ3) is 3.63. The van der Waals surface area contributed by atoms with Crippen LogP contribution in [0.4, 0.5) is 4.79 Å².